The summed E-state index contributed by atoms with van der Waals surface area (Å²) in [5.74, 6) is -0.180. The number of carbonyl (C=O) groups excluding carboxylic acids is 1. The zero-order valence-corrected chi connectivity index (χ0v) is 41.8. The highest BCUT2D eigenvalue weighted by Crippen LogP contribution is 2.43. The number of carbonyl (C=O) groups is 1. The van der Waals surface area contributed by atoms with Gasteiger partial charge < -0.3 is 19.8 Å². The van der Waals surface area contributed by atoms with E-state index in [2.05, 4.69) is 43.5 Å². The molecule has 8 nitrogen and oxygen atoms in total. The van der Waals surface area contributed by atoms with E-state index in [4.69, 9.17) is 9.05 Å². The lowest BCUT2D eigenvalue weighted by Crippen LogP contribution is -2.45. The molecule has 0 aromatic rings. The number of quaternary nitrogens is 1. The number of aliphatic hydroxyl groups is 1. The molecule has 9 heteroatoms. The minimum absolute atomic E-state index is 0.0608. The monoisotopic (exact) mass is 882 g/mol. The Labute approximate surface area is 378 Å². The van der Waals surface area contributed by atoms with E-state index >= 15 is 0 Å². The third-order valence-corrected chi connectivity index (χ3v) is 12.6. The molecule has 0 radical (unpaired) electrons. The number of allylic oxidation sites excluding steroid dienone is 5. The summed E-state index contributed by atoms with van der Waals surface area (Å²) < 4.78 is 23.7. The normalized spacial score (nSPS) is 14.4. The van der Waals surface area contributed by atoms with Crippen molar-refractivity contribution < 1.29 is 32.9 Å². The summed E-state index contributed by atoms with van der Waals surface area (Å²) in [7, 11) is 1.57. The molecule has 0 fully saturated rings. The lowest BCUT2D eigenvalue weighted by atomic mass is 10.0. The van der Waals surface area contributed by atoms with Crippen LogP contribution in [0.15, 0.2) is 36.5 Å². The first kappa shape index (κ1) is 59.7. The van der Waals surface area contributed by atoms with E-state index in [9.17, 15) is 19.4 Å². The van der Waals surface area contributed by atoms with Gasteiger partial charge in [-0.2, -0.15) is 0 Å². The van der Waals surface area contributed by atoms with E-state index in [0.29, 0.717) is 17.4 Å². The van der Waals surface area contributed by atoms with Crippen molar-refractivity contribution in [1.82, 2.24) is 5.32 Å². The van der Waals surface area contributed by atoms with Gasteiger partial charge in [0.2, 0.25) is 5.91 Å². The smallest absolute Gasteiger partial charge is 0.387 e. The second-order valence-corrected chi connectivity index (χ2v) is 20.4. The number of amides is 1. The molecule has 3 unspecified atom stereocenters. The zero-order chi connectivity index (χ0) is 45.0. The Morgan fingerprint density at radius 3 is 1.38 bits per heavy atom. The van der Waals surface area contributed by atoms with Crippen LogP contribution in [0.2, 0.25) is 0 Å². The van der Waals surface area contributed by atoms with Crippen LogP contribution in [0.1, 0.15) is 239 Å². The molecule has 0 spiro atoms. The summed E-state index contributed by atoms with van der Waals surface area (Å²) in [5.41, 5.74) is 0. The first-order valence-electron chi connectivity index (χ1n) is 25.9. The van der Waals surface area contributed by atoms with Crippen LogP contribution in [0.5, 0.6) is 0 Å². The minimum atomic E-state index is -4.34. The molecule has 0 bridgehead atoms. The number of hydrogen-bond acceptors (Lipinski definition) is 5. The van der Waals surface area contributed by atoms with Crippen molar-refractivity contribution in [2.75, 3.05) is 40.9 Å². The minimum Gasteiger partial charge on any atom is -0.387 e. The van der Waals surface area contributed by atoms with Crippen molar-refractivity contribution in [1.29, 1.82) is 0 Å². The number of rotatable bonds is 47. The summed E-state index contributed by atoms with van der Waals surface area (Å²) in [6.07, 6.45) is 55.0. The molecule has 3 N–H and O–H groups in total. The Morgan fingerprint density at radius 2 is 0.934 bits per heavy atom. The molecule has 0 saturated heterocycles. The van der Waals surface area contributed by atoms with Gasteiger partial charge >= 0.3 is 7.82 Å². The average Bonchev–Trinajstić information content (AvgIpc) is 3.21. The van der Waals surface area contributed by atoms with Crippen molar-refractivity contribution in [2.24, 2.45) is 0 Å². The Kier molecular flexibility index (Phi) is 43.0. The van der Waals surface area contributed by atoms with Gasteiger partial charge in [-0.1, -0.05) is 217 Å². The van der Waals surface area contributed by atoms with Gasteiger partial charge in [0, 0.05) is 6.42 Å². The van der Waals surface area contributed by atoms with Gasteiger partial charge in [0.05, 0.1) is 39.9 Å². The van der Waals surface area contributed by atoms with Crippen LogP contribution in [0, 0.1) is 0 Å². The maximum absolute atomic E-state index is 12.9. The fourth-order valence-electron chi connectivity index (χ4n) is 7.48. The van der Waals surface area contributed by atoms with Crippen molar-refractivity contribution in [3.05, 3.63) is 36.5 Å². The van der Waals surface area contributed by atoms with Crippen molar-refractivity contribution >= 4 is 13.7 Å². The molecule has 61 heavy (non-hydrogen) atoms. The van der Waals surface area contributed by atoms with Crippen molar-refractivity contribution in [3.63, 3.8) is 0 Å². The molecule has 0 aromatic heterocycles. The number of unbranched alkanes of at least 4 members (excludes halogenated alkanes) is 30. The second-order valence-electron chi connectivity index (χ2n) is 18.9. The third-order valence-electron chi connectivity index (χ3n) is 11.6. The first-order valence-corrected chi connectivity index (χ1v) is 27.4. The SMILES string of the molecule is CCCCC/C=C\C/C=C\CCCCCCCCCCCC(=O)NC(COP(=O)(O)OCC[N+](C)(C)C)C(O)/C=C/CCCCCCCCCCCCCCCCCCCC. The Balaban J connectivity index is 4.31. The summed E-state index contributed by atoms with van der Waals surface area (Å²) in [6.45, 7) is 4.81. The topological polar surface area (TPSA) is 105 Å². The first-order chi connectivity index (χ1) is 29.5. The average molecular weight is 882 g/mol. The van der Waals surface area contributed by atoms with Crippen molar-refractivity contribution in [3.8, 4) is 0 Å². The van der Waals surface area contributed by atoms with Gasteiger partial charge in [0.15, 0.2) is 0 Å². The molecule has 0 aliphatic carbocycles. The van der Waals surface area contributed by atoms with Gasteiger partial charge in [-0.25, -0.2) is 4.57 Å². The van der Waals surface area contributed by atoms with Crippen LogP contribution >= 0.6 is 7.82 Å². The quantitative estimate of drug-likeness (QED) is 0.0243. The Bertz CT molecular complexity index is 1090. The highest BCUT2D eigenvalue weighted by Gasteiger charge is 2.27. The second kappa shape index (κ2) is 43.9. The zero-order valence-electron chi connectivity index (χ0n) is 40.9. The Morgan fingerprint density at radius 1 is 0.557 bits per heavy atom. The van der Waals surface area contributed by atoms with Crippen molar-refractivity contribution in [2.45, 2.75) is 251 Å². The Hall–Kier alpha value is -1.28. The molecular formula is C52H102N2O6P+. The highest BCUT2D eigenvalue weighted by molar-refractivity contribution is 7.47. The number of phosphoric acid groups is 1. The highest BCUT2D eigenvalue weighted by atomic mass is 31.2. The number of likely N-dealkylation sites (N-methyl/N-ethyl adjacent to an activating group) is 1. The van der Waals surface area contributed by atoms with Crippen LogP contribution in [-0.4, -0.2) is 73.4 Å². The van der Waals surface area contributed by atoms with E-state index in [0.717, 1.165) is 44.9 Å². The summed E-state index contributed by atoms with van der Waals surface area (Å²) in [4.78, 5) is 23.2. The van der Waals surface area contributed by atoms with Crippen LogP contribution in [0.3, 0.4) is 0 Å². The lowest BCUT2D eigenvalue weighted by Gasteiger charge is -2.25. The van der Waals surface area contributed by atoms with Gasteiger partial charge in [-0.15, -0.1) is 0 Å². The number of aliphatic hydroxyl groups excluding tert-OH is 1. The molecule has 0 heterocycles. The molecule has 0 aliphatic rings. The molecule has 0 aliphatic heterocycles. The summed E-state index contributed by atoms with van der Waals surface area (Å²) in [5, 5.41) is 13.9. The maximum Gasteiger partial charge on any atom is 0.472 e. The number of phosphoric ester groups is 1. The fraction of sp³-hybridized carbons (Fsp3) is 0.865. The van der Waals surface area contributed by atoms with E-state index in [1.165, 1.54) is 173 Å². The van der Waals surface area contributed by atoms with Crippen LogP contribution < -0.4 is 5.32 Å². The molecule has 0 saturated carbocycles. The van der Waals surface area contributed by atoms with Crippen LogP contribution in [-0.2, 0) is 18.4 Å². The van der Waals surface area contributed by atoms with E-state index in [1.807, 2.05) is 27.2 Å². The van der Waals surface area contributed by atoms with E-state index in [1.54, 1.807) is 6.08 Å². The molecule has 3 atom stereocenters. The van der Waals surface area contributed by atoms with Crippen LogP contribution in [0.25, 0.3) is 0 Å². The number of nitrogens with one attached hydrogen (secondary N) is 1. The number of nitrogens with zero attached hydrogens (tertiary/aromatic N) is 1. The predicted octanol–water partition coefficient (Wildman–Crippen LogP) is 15.0. The van der Waals surface area contributed by atoms with Crippen LogP contribution in [0.4, 0.5) is 0 Å². The maximum atomic E-state index is 12.9. The van der Waals surface area contributed by atoms with E-state index < -0.39 is 20.0 Å². The largest absolute Gasteiger partial charge is 0.472 e. The van der Waals surface area contributed by atoms with E-state index in [-0.39, 0.29) is 19.1 Å². The lowest BCUT2D eigenvalue weighted by molar-refractivity contribution is -0.870. The molecule has 0 rings (SSSR count). The molecule has 360 valence electrons. The molecule has 1 amide bonds. The standard InChI is InChI=1S/C52H101N2O6P/c1-6-8-10-12-14-16-18-20-22-24-26-28-29-31-33-35-37-39-41-43-45-51(55)50(49-60-61(57,58)59-48-47-54(3,4)5)53-52(56)46-44-42-40-38-36-34-32-30-27-25-23-21-19-17-15-13-11-9-7-2/h15,17,21,23,43,45,50-51,55H,6-14,16,18-20,22,24-42,44,46-49H2,1-5H3,(H-,53,56,57,58)/p+1/b17-15-,23-21-,45-43+. The third kappa shape index (κ3) is 46.5. The van der Waals surface area contributed by atoms with Gasteiger partial charge in [-0.05, 0) is 51.4 Å². The molecule has 0 aromatic carbocycles. The fourth-order valence-corrected chi connectivity index (χ4v) is 8.22. The predicted molar refractivity (Wildman–Crippen MR) is 263 cm³/mol. The summed E-state index contributed by atoms with van der Waals surface area (Å²) >= 11 is 0. The van der Waals surface area contributed by atoms with Gasteiger partial charge in [0.25, 0.3) is 0 Å². The summed E-state index contributed by atoms with van der Waals surface area (Å²) in [6, 6.07) is -0.848. The van der Waals surface area contributed by atoms with Gasteiger partial charge in [0.1, 0.15) is 13.2 Å². The van der Waals surface area contributed by atoms with Gasteiger partial charge in [-0.3, -0.25) is 13.8 Å². The number of hydrogen-bond donors (Lipinski definition) is 3. The molecular weight excluding hydrogens is 780 g/mol.